The molecule has 0 fully saturated rings. The maximum atomic E-state index is 11.8. The first-order valence-electron chi connectivity index (χ1n) is 6.67. The smallest absolute Gasteiger partial charge is 0.243 e. The third kappa shape index (κ3) is 5.42. The molecule has 0 aliphatic heterocycles. The van der Waals surface area contributed by atoms with Crippen LogP contribution in [0.4, 0.5) is 5.69 Å². The first-order chi connectivity index (χ1) is 9.85. The van der Waals surface area contributed by atoms with E-state index < -0.39 is 6.04 Å². The lowest BCUT2D eigenvalue weighted by Crippen LogP contribution is -2.46. The highest BCUT2D eigenvalue weighted by atomic mass is 31.0. The Morgan fingerprint density at radius 1 is 1.38 bits per heavy atom. The van der Waals surface area contributed by atoms with Crippen LogP contribution in [0.2, 0.25) is 0 Å². The summed E-state index contributed by atoms with van der Waals surface area (Å²) >= 11 is 0. The van der Waals surface area contributed by atoms with Crippen LogP contribution in [0.5, 0.6) is 0 Å². The van der Waals surface area contributed by atoms with E-state index in [1.807, 2.05) is 13.8 Å². The Morgan fingerprint density at radius 2 is 2.05 bits per heavy atom. The van der Waals surface area contributed by atoms with Gasteiger partial charge in [-0.25, -0.2) is 0 Å². The summed E-state index contributed by atoms with van der Waals surface area (Å²) in [5.41, 5.74) is 7.06. The van der Waals surface area contributed by atoms with Crippen molar-refractivity contribution in [2.75, 3.05) is 11.9 Å². The lowest BCUT2D eigenvalue weighted by atomic mass is 10.1. The van der Waals surface area contributed by atoms with E-state index in [-0.39, 0.29) is 30.9 Å². The standard InChI is InChI=1S/C14H22N3O3P/c1-8(2)13(15)14(20)16-6-12(19)17-10-4-3-9(7-18)5-11(10)21/h3-5,8,13,18H,6-7,15,21H2,1-2H3,(H,16,20)(H,17,19). The molecule has 2 amide bonds. The number of anilines is 1. The monoisotopic (exact) mass is 311 g/mol. The van der Waals surface area contributed by atoms with Gasteiger partial charge in [0.05, 0.1) is 19.2 Å². The highest BCUT2D eigenvalue weighted by Crippen LogP contribution is 2.10. The number of nitrogens with two attached hydrogens (primary N) is 1. The molecular weight excluding hydrogens is 289 g/mol. The number of aliphatic hydroxyl groups excluding tert-OH is 1. The molecule has 2 atom stereocenters. The molecule has 7 heteroatoms. The lowest BCUT2D eigenvalue weighted by molar-refractivity contribution is -0.125. The van der Waals surface area contributed by atoms with Gasteiger partial charge in [0, 0.05) is 5.69 Å². The molecule has 5 N–H and O–H groups in total. The number of carbonyl (C=O) groups excluding carboxylic acids is 2. The maximum absolute atomic E-state index is 11.8. The summed E-state index contributed by atoms with van der Waals surface area (Å²) in [5, 5.41) is 15.0. The third-order valence-corrected chi connectivity index (χ3v) is 3.49. The SMILES string of the molecule is CC(C)C(N)C(=O)NCC(=O)Nc1ccc(CO)cc1P. The number of rotatable bonds is 6. The second-order valence-corrected chi connectivity index (χ2v) is 5.74. The summed E-state index contributed by atoms with van der Waals surface area (Å²) < 4.78 is 0. The fourth-order valence-corrected chi connectivity index (χ4v) is 1.99. The first kappa shape index (κ1) is 17.6. The average molecular weight is 311 g/mol. The normalized spacial score (nSPS) is 12.1. The Hall–Kier alpha value is -1.49. The highest BCUT2D eigenvalue weighted by Gasteiger charge is 2.17. The molecule has 0 aliphatic carbocycles. The van der Waals surface area contributed by atoms with Crippen molar-refractivity contribution in [1.29, 1.82) is 0 Å². The molecule has 0 aromatic heterocycles. The second kappa shape index (κ2) is 8.08. The Balaban J connectivity index is 2.53. The van der Waals surface area contributed by atoms with Crippen molar-refractivity contribution < 1.29 is 14.7 Å². The molecule has 0 saturated carbocycles. The molecule has 0 spiro atoms. The van der Waals surface area contributed by atoms with E-state index in [9.17, 15) is 9.59 Å². The molecule has 0 aliphatic rings. The Bertz CT molecular complexity index is 520. The highest BCUT2D eigenvalue weighted by molar-refractivity contribution is 7.28. The fraction of sp³-hybridized carbons (Fsp3) is 0.429. The van der Waals surface area contributed by atoms with Gasteiger partial charge in [-0.2, -0.15) is 0 Å². The molecule has 6 nitrogen and oxygen atoms in total. The molecular formula is C14H22N3O3P. The number of amides is 2. The second-order valence-electron chi connectivity index (χ2n) is 5.12. The molecule has 0 heterocycles. The van der Waals surface area contributed by atoms with Gasteiger partial charge >= 0.3 is 0 Å². The molecule has 2 unspecified atom stereocenters. The number of hydrogen-bond acceptors (Lipinski definition) is 4. The van der Waals surface area contributed by atoms with Gasteiger partial charge in [-0.05, 0) is 28.9 Å². The van der Waals surface area contributed by atoms with Crippen LogP contribution in [0.25, 0.3) is 0 Å². The van der Waals surface area contributed by atoms with Gasteiger partial charge in [-0.15, -0.1) is 9.24 Å². The minimum Gasteiger partial charge on any atom is -0.392 e. The molecule has 1 aromatic carbocycles. The quantitative estimate of drug-likeness (QED) is 0.542. The van der Waals surface area contributed by atoms with Crippen LogP contribution < -0.4 is 21.7 Å². The summed E-state index contributed by atoms with van der Waals surface area (Å²) in [6, 6.07) is 4.55. The van der Waals surface area contributed by atoms with Crippen molar-refractivity contribution in [2.24, 2.45) is 11.7 Å². The van der Waals surface area contributed by atoms with Crippen molar-refractivity contribution in [1.82, 2.24) is 5.32 Å². The molecule has 0 saturated heterocycles. The van der Waals surface area contributed by atoms with E-state index in [4.69, 9.17) is 10.8 Å². The van der Waals surface area contributed by atoms with Gasteiger partial charge in [0.25, 0.3) is 0 Å². The van der Waals surface area contributed by atoms with Crippen molar-refractivity contribution >= 4 is 32.0 Å². The number of nitrogens with one attached hydrogen (secondary N) is 2. The molecule has 1 aromatic rings. The third-order valence-electron chi connectivity index (χ3n) is 3.02. The van der Waals surface area contributed by atoms with Crippen molar-refractivity contribution in [3.8, 4) is 0 Å². The topological polar surface area (TPSA) is 104 Å². The van der Waals surface area contributed by atoms with Crippen LogP contribution in [0.3, 0.4) is 0 Å². The van der Waals surface area contributed by atoms with Gasteiger partial charge in [0.15, 0.2) is 0 Å². The average Bonchev–Trinajstić information content (AvgIpc) is 2.45. The minimum absolute atomic E-state index is 0.0118. The summed E-state index contributed by atoms with van der Waals surface area (Å²) in [6.45, 7) is 3.49. The van der Waals surface area contributed by atoms with E-state index in [2.05, 4.69) is 19.9 Å². The van der Waals surface area contributed by atoms with Crippen molar-refractivity contribution in [3.05, 3.63) is 23.8 Å². The van der Waals surface area contributed by atoms with E-state index >= 15 is 0 Å². The zero-order chi connectivity index (χ0) is 16.0. The van der Waals surface area contributed by atoms with Crippen LogP contribution in [-0.2, 0) is 16.2 Å². The number of benzene rings is 1. The summed E-state index contributed by atoms with van der Waals surface area (Å²) in [7, 11) is 2.49. The fourth-order valence-electron chi connectivity index (χ4n) is 1.61. The largest absolute Gasteiger partial charge is 0.392 e. The van der Waals surface area contributed by atoms with Crippen LogP contribution in [0.15, 0.2) is 18.2 Å². The van der Waals surface area contributed by atoms with E-state index in [0.29, 0.717) is 5.69 Å². The van der Waals surface area contributed by atoms with Crippen molar-refractivity contribution in [3.63, 3.8) is 0 Å². The van der Waals surface area contributed by atoms with Gasteiger partial charge in [-0.3, -0.25) is 9.59 Å². The van der Waals surface area contributed by atoms with Gasteiger partial charge in [0.1, 0.15) is 0 Å². The molecule has 0 bridgehead atoms. The minimum atomic E-state index is -0.626. The summed E-state index contributed by atoms with van der Waals surface area (Å²) in [5.74, 6) is -0.667. The van der Waals surface area contributed by atoms with Crippen LogP contribution >= 0.6 is 9.24 Å². The van der Waals surface area contributed by atoms with E-state index in [1.165, 1.54) is 0 Å². The van der Waals surface area contributed by atoms with Crippen LogP contribution in [0.1, 0.15) is 19.4 Å². The maximum Gasteiger partial charge on any atom is 0.243 e. The molecule has 0 radical (unpaired) electrons. The van der Waals surface area contributed by atoms with E-state index in [0.717, 1.165) is 10.9 Å². The zero-order valence-corrected chi connectivity index (χ0v) is 13.4. The van der Waals surface area contributed by atoms with Crippen LogP contribution in [0, 0.1) is 5.92 Å². The number of aliphatic hydroxyl groups is 1. The van der Waals surface area contributed by atoms with Gasteiger partial charge in [-0.1, -0.05) is 19.9 Å². The first-order valence-corrected chi connectivity index (χ1v) is 7.25. The van der Waals surface area contributed by atoms with Crippen LogP contribution in [-0.4, -0.2) is 29.5 Å². The molecule has 1 rings (SSSR count). The summed E-state index contributed by atoms with van der Waals surface area (Å²) in [6.07, 6.45) is 0. The summed E-state index contributed by atoms with van der Waals surface area (Å²) in [4.78, 5) is 23.4. The van der Waals surface area contributed by atoms with E-state index in [1.54, 1.807) is 18.2 Å². The lowest BCUT2D eigenvalue weighted by Gasteiger charge is -2.15. The van der Waals surface area contributed by atoms with Gasteiger partial charge < -0.3 is 21.5 Å². The van der Waals surface area contributed by atoms with Gasteiger partial charge in [0.2, 0.25) is 11.8 Å². The number of carbonyl (C=O) groups is 2. The Labute approximate surface area is 126 Å². The zero-order valence-electron chi connectivity index (χ0n) is 12.2. The molecule has 21 heavy (non-hydrogen) atoms. The Morgan fingerprint density at radius 3 is 2.57 bits per heavy atom. The molecule has 116 valence electrons. The predicted octanol–water partition coefficient (Wildman–Crippen LogP) is -0.283. The Kier molecular flexibility index (Phi) is 6.75. The predicted molar refractivity (Wildman–Crippen MR) is 86.2 cm³/mol. The van der Waals surface area contributed by atoms with Crippen molar-refractivity contribution in [2.45, 2.75) is 26.5 Å². The number of hydrogen-bond donors (Lipinski definition) is 4.